The fourth-order valence-corrected chi connectivity index (χ4v) is 3.21. The number of benzene rings is 2. The van der Waals surface area contributed by atoms with E-state index in [4.69, 9.17) is 4.74 Å². The van der Waals surface area contributed by atoms with Crippen LogP contribution in [0.5, 0.6) is 5.75 Å². The van der Waals surface area contributed by atoms with Crippen molar-refractivity contribution in [2.75, 3.05) is 13.2 Å². The molecule has 3 aromatic rings. The van der Waals surface area contributed by atoms with Gasteiger partial charge in [0.05, 0.1) is 16.0 Å². The Morgan fingerprint density at radius 1 is 1.27 bits per heavy atom. The van der Waals surface area contributed by atoms with Gasteiger partial charge in [-0.05, 0) is 36.1 Å². The van der Waals surface area contributed by atoms with Crippen LogP contribution in [-0.2, 0) is 18.3 Å². The number of nitro benzene ring substituents is 1. The lowest BCUT2D eigenvalue weighted by Crippen LogP contribution is -2.31. The molecule has 0 fully saturated rings. The Morgan fingerprint density at radius 3 is 2.73 bits per heavy atom. The molecule has 0 saturated heterocycles. The molecule has 0 saturated carbocycles. The largest absolute Gasteiger partial charge is 0.483 e. The van der Waals surface area contributed by atoms with Gasteiger partial charge < -0.3 is 14.6 Å². The van der Waals surface area contributed by atoms with Crippen molar-refractivity contribution in [3.63, 3.8) is 0 Å². The molecular formula is C22H26N4O4. The van der Waals surface area contributed by atoms with Gasteiger partial charge in [-0.25, -0.2) is 4.98 Å². The second-order valence-electron chi connectivity index (χ2n) is 7.59. The lowest BCUT2D eigenvalue weighted by atomic mass is 10.0. The van der Waals surface area contributed by atoms with Crippen molar-refractivity contribution in [1.82, 2.24) is 14.9 Å². The summed E-state index contributed by atoms with van der Waals surface area (Å²) in [5.74, 6) is 1.63. The molecule has 0 atom stereocenters. The molecule has 1 amide bonds. The number of nitro groups is 1. The molecule has 0 bridgehead atoms. The number of aryl methyl sites for hydroxylation is 2. The second kappa shape index (κ2) is 8.94. The summed E-state index contributed by atoms with van der Waals surface area (Å²) in [5.41, 5.74) is 3.54. The van der Waals surface area contributed by atoms with Gasteiger partial charge in [-0.15, -0.1) is 0 Å². The Hall–Kier alpha value is -3.42. The average molecular weight is 410 g/mol. The Bertz CT molecular complexity index is 1090. The first-order chi connectivity index (χ1) is 14.3. The number of amides is 1. The minimum absolute atomic E-state index is 0.00873. The van der Waals surface area contributed by atoms with Gasteiger partial charge in [0.25, 0.3) is 11.6 Å². The van der Waals surface area contributed by atoms with Gasteiger partial charge in [0, 0.05) is 32.1 Å². The Labute approximate surface area is 175 Å². The predicted octanol–water partition coefficient (Wildman–Crippen LogP) is 3.65. The van der Waals surface area contributed by atoms with Crippen LogP contribution in [0.4, 0.5) is 5.69 Å². The zero-order valence-electron chi connectivity index (χ0n) is 17.6. The molecule has 8 nitrogen and oxygen atoms in total. The first kappa shape index (κ1) is 21.3. The third-order valence-corrected chi connectivity index (χ3v) is 5.08. The number of nitrogens with zero attached hydrogens (tertiary/aromatic N) is 3. The van der Waals surface area contributed by atoms with Crippen molar-refractivity contribution < 1.29 is 14.5 Å². The molecule has 0 radical (unpaired) electrons. The van der Waals surface area contributed by atoms with Crippen molar-refractivity contribution in [2.24, 2.45) is 7.05 Å². The van der Waals surface area contributed by atoms with Crippen molar-refractivity contribution in [3.05, 3.63) is 63.5 Å². The van der Waals surface area contributed by atoms with E-state index in [1.165, 1.54) is 12.1 Å². The predicted molar refractivity (Wildman–Crippen MR) is 115 cm³/mol. The van der Waals surface area contributed by atoms with Crippen LogP contribution in [-0.4, -0.2) is 33.5 Å². The van der Waals surface area contributed by atoms with Gasteiger partial charge in [0.2, 0.25) is 0 Å². The molecule has 1 heterocycles. The number of hydrogen-bond donors (Lipinski definition) is 1. The fraction of sp³-hybridized carbons (Fsp3) is 0.364. The SMILES string of the molecule is Cc1ccc(C(C)C)cc1OCC(=O)NCCc1nc2cc([N+](=O)[O-])ccc2n1C. The molecule has 30 heavy (non-hydrogen) atoms. The third-order valence-electron chi connectivity index (χ3n) is 5.08. The van der Waals surface area contributed by atoms with Gasteiger partial charge in [-0.1, -0.05) is 26.0 Å². The highest BCUT2D eigenvalue weighted by Crippen LogP contribution is 2.24. The lowest BCUT2D eigenvalue weighted by molar-refractivity contribution is -0.384. The number of aromatic nitrogens is 2. The number of non-ortho nitro benzene ring substituents is 1. The summed E-state index contributed by atoms with van der Waals surface area (Å²) in [4.78, 5) is 27.1. The summed E-state index contributed by atoms with van der Waals surface area (Å²) in [7, 11) is 1.85. The number of fused-ring (bicyclic) bond motifs is 1. The second-order valence-corrected chi connectivity index (χ2v) is 7.59. The number of rotatable bonds is 8. The highest BCUT2D eigenvalue weighted by molar-refractivity contribution is 5.79. The molecule has 0 spiro atoms. The molecule has 0 aliphatic rings. The fourth-order valence-electron chi connectivity index (χ4n) is 3.21. The van der Waals surface area contributed by atoms with Crippen molar-refractivity contribution in [2.45, 2.75) is 33.1 Å². The zero-order chi connectivity index (χ0) is 21.8. The smallest absolute Gasteiger partial charge is 0.271 e. The van der Waals surface area contributed by atoms with E-state index in [1.54, 1.807) is 6.07 Å². The molecule has 158 valence electrons. The van der Waals surface area contributed by atoms with Crippen LogP contribution in [0.3, 0.4) is 0 Å². The Morgan fingerprint density at radius 2 is 2.03 bits per heavy atom. The van der Waals surface area contributed by atoms with Crippen LogP contribution in [0.2, 0.25) is 0 Å². The summed E-state index contributed by atoms with van der Waals surface area (Å²) in [6.07, 6.45) is 0.507. The van der Waals surface area contributed by atoms with Crippen LogP contribution in [0.1, 0.15) is 36.7 Å². The van der Waals surface area contributed by atoms with E-state index < -0.39 is 4.92 Å². The van der Waals surface area contributed by atoms with E-state index in [0.717, 1.165) is 22.5 Å². The van der Waals surface area contributed by atoms with Crippen molar-refractivity contribution in [1.29, 1.82) is 0 Å². The molecule has 3 rings (SSSR count). The summed E-state index contributed by atoms with van der Waals surface area (Å²) in [6, 6.07) is 10.6. The summed E-state index contributed by atoms with van der Waals surface area (Å²) in [5, 5.41) is 13.8. The summed E-state index contributed by atoms with van der Waals surface area (Å²) < 4.78 is 7.58. The van der Waals surface area contributed by atoms with Crippen molar-refractivity contribution in [3.8, 4) is 5.75 Å². The minimum Gasteiger partial charge on any atom is -0.483 e. The monoisotopic (exact) mass is 410 g/mol. The highest BCUT2D eigenvalue weighted by Gasteiger charge is 2.13. The van der Waals surface area contributed by atoms with E-state index >= 15 is 0 Å². The third kappa shape index (κ3) is 4.76. The maximum absolute atomic E-state index is 12.2. The summed E-state index contributed by atoms with van der Waals surface area (Å²) in [6.45, 7) is 6.51. The maximum atomic E-state index is 12.2. The van der Waals surface area contributed by atoms with E-state index in [1.807, 2.05) is 30.7 Å². The number of nitrogens with one attached hydrogen (secondary N) is 1. The molecule has 8 heteroatoms. The molecule has 0 unspecified atom stereocenters. The number of hydrogen-bond acceptors (Lipinski definition) is 5. The molecule has 1 N–H and O–H groups in total. The summed E-state index contributed by atoms with van der Waals surface area (Å²) >= 11 is 0. The van der Waals surface area contributed by atoms with Gasteiger partial charge >= 0.3 is 0 Å². The normalized spacial score (nSPS) is 11.1. The average Bonchev–Trinajstić information content (AvgIpc) is 3.02. The van der Waals surface area contributed by atoms with Gasteiger partial charge in [-0.2, -0.15) is 0 Å². The lowest BCUT2D eigenvalue weighted by Gasteiger charge is -2.13. The van der Waals surface area contributed by atoms with Crippen LogP contribution in [0.25, 0.3) is 11.0 Å². The molecule has 0 aliphatic carbocycles. The standard InChI is InChI=1S/C22H26N4O4/c1-14(2)16-6-5-15(3)20(11-16)30-13-22(27)23-10-9-21-24-18-12-17(26(28)29)7-8-19(18)25(21)4/h5-8,11-12,14H,9-10,13H2,1-4H3,(H,23,27). The number of imidazole rings is 1. The Kier molecular flexibility index (Phi) is 6.34. The van der Waals surface area contributed by atoms with Gasteiger partial charge in [0.1, 0.15) is 11.6 Å². The Balaban J connectivity index is 1.55. The maximum Gasteiger partial charge on any atom is 0.271 e. The van der Waals surface area contributed by atoms with E-state index in [0.29, 0.717) is 30.1 Å². The molecule has 0 aliphatic heterocycles. The highest BCUT2D eigenvalue weighted by atomic mass is 16.6. The van der Waals surface area contributed by atoms with Crippen molar-refractivity contribution >= 4 is 22.6 Å². The van der Waals surface area contributed by atoms with E-state index in [-0.39, 0.29) is 18.2 Å². The topological polar surface area (TPSA) is 99.3 Å². The minimum atomic E-state index is -0.438. The number of ether oxygens (including phenoxy) is 1. The van der Waals surface area contributed by atoms with Gasteiger partial charge in [-0.3, -0.25) is 14.9 Å². The first-order valence-corrected chi connectivity index (χ1v) is 9.86. The quantitative estimate of drug-likeness (QED) is 0.451. The first-order valence-electron chi connectivity index (χ1n) is 9.86. The van der Waals surface area contributed by atoms with E-state index in [9.17, 15) is 14.9 Å². The molecular weight excluding hydrogens is 384 g/mol. The van der Waals surface area contributed by atoms with Crippen LogP contribution in [0, 0.1) is 17.0 Å². The van der Waals surface area contributed by atoms with Crippen LogP contribution >= 0.6 is 0 Å². The van der Waals surface area contributed by atoms with Crippen LogP contribution in [0.15, 0.2) is 36.4 Å². The van der Waals surface area contributed by atoms with E-state index in [2.05, 4.69) is 30.2 Å². The molecule has 2 aromatic carbocycles. The van der Waals surface area contributed by atoms with Crippen LogP contribution < -0.4 is 10.1 Å². The number of carbonyl (C=O) groups is 1. The zero-order valence-corrected chi connectivity index (χ0v) is 17.6. The van der Waals surface area contributed by atoms with Gasteiger partial charge in [0.15, 0.2) is 6.61 Å². The molecule has 1 aromatic heterocycles. The number of carbonyl (C=O) groups excluding carboxylic acids is 1.